The molecule has 0 N–H and O–H groups in total. The van der Waals surface area contributed by atoms with Crippen LogP contribution < -0.4 is 0 Å². The number of hydrogen-bond donors (Lipinski definition) is 0. The fourth-order valence-electron chi connectivity index (χ4n) is 0.631. The molecular formula is C6H13NSn. The first-order chi connectivity index (χ1) is 3.91. The zero-order valence-electron chi connectivity index (χ0n) is 5.48. The van der Waals surface area contributed by atoms with Gasteiger partial charge < -0.3 is 0 Å². The molecule has 0 fully saturated rings. The van der Waals surface area contributed by atoms with Crippen LogP contribution in [0.15, 0.2) is 0 Å². The number of nitrogens with zero attached hydrogens (tertiary/aromatic N) is 1. The molecule has 46 valence electrons. The molecule has 0 bridgehead atoms. The average Bonchev–Trinajstić information content (AvgIpc) is 1.81. The van der Waals surface area contributed by atoms with Gasteiger partial charge in [-0.05, 0) is 0 Å². The summed E-state index contributed by atoms with van der Waals surface area (Å²) >= 11 is -0.498. The minimum atomic E-state index is -0.498. The minimum absolute atomic E-state index is 0.498. The van der Waals surface area contributed by atoms with Crippen molar-refractivity contribution in [2.75, 3.05) is 0 Å². The van der Waals surface area contributed by atoms with Crippen LogP contribution in [0.25, 0.3) is 0 Å². The van der Waals surface area contributed by atoms with Gasteiger partial charge in [0.1, 0.15) is 0 Å². The van der Waals surface area contributed by atoms with Crippen molar-refractivity contribution >= 4 is 21.1 Å². The van der Waals surface area contributed by atoms with E-state index in [1.807, 2.05) is 0 Å². The molecule has 0 heterocycles. The van der Waals surface area contributed by atoms with Gasteiger partial charge in [0.15, 0.2) is 0 Å². The summed E-state index contributed by atoms with van der Waals surface area (Å²) in [5.74, 6) is 0. The molecule has 0 unspecified atom stereocenters. The molecule has 0 aromatic carbocycles. The molecule has 0 atom stereocenters. The molecule has 8 heavy (non-hydrogen) atoms. The second kappa shape index (κ2) is 7.29. The molecule has 0 spiro atoms. The van der Waals surface area contributed by atoms with Crippen LogP contribution in [0.5, 0.6) is 0 Å². The summed E-state index contributed by atoms with van der Waals surface area (Å²) in [4.78, 5) is 0. The Morgan fingerprint density at radius 2 is 2.38 bits per heavy atom. The van der Waals surface area contributed by atoms with Crippen LogP contribution in [0.1, 0.15) is 19.8 Å². The van der Waals surface area contributed by atoms with Gasteiger partial charge in [0.2, 0.25) is 0 Å². The maximum atomic E-state index is 8.17. The van der Waals surface area contributed by atoms with Gasteiger partial charge in [-0.1, -0.05) is 0 Å². The van der Waals surface area contributed by atoms with Crippen LogP contribution in [0.2, 0.25) is 8.87 Å². The van der Waals surface area contributed by atoms with E-state index in [-0.39, 0.29) is 0 Å². The molecule has 2 heteroatoms. The summed E-state index contributed by atoms with van der Waals surface area (Å²) in [6.07, 6.45) is 2.68. The average molecular weight is 218 g/mol. The van der Waals surface area contributed by atoms with Gasteiger partial charge in [0, 0.05) is 0 Å². The Kier molecular flexibility index (Phi) is 7.55. The Balaban J connectivity index is 2.65. The van der Waals surface area contributed by atoms with E-state index in [1.165, 1.54) is 17.3 Å². The standard InChI is InChI=1S/C4H9.C2H2N.Sn.2H/c1-3-4-2;1-2-3;;;/h1,3-4H2,2H3;1H2;;;. The molecular weight excluding hydrogens is 205 g/mol. The molecule has 0 amide bonds. The first-order valence-corrected chi connectivity index (χ1v) is 8.99. The topological polar surface area (TPSA) is 23.8 Å². The predicted octanol–water partition coefficient (Wildman–Crippen LogP) is 1.32. The van der Waals surface area contributed by atoms with Gasteiger partial charge in [-0.15, -0.1) is 0 Å². The van der Waals surface area contributed by atoms with Crippen molar-refractivity contribution < 1.29 is 0 Å². The summed E-state index contributed by atoms with van der Waals surface area (Å²) in [5.41, 5.74) is 0. The van der Waals surface area contributed by atoms with Crippen molar-refractivity contribution in [3.8, 4) is 6.07 Å². The number of nitriles is 1. The van der Waals surface area contributed by atoms with E-state index in [9.17, 15) is 0 Å². The SMILES string of the molecule is CCC[CH2][SnH2][CH2]C#N. The third-order valence-corrected chi connectivity index (χ3v) is 5.64. The monoisotopic (exact) mass is 219 g/mol. The Morgan fingerprint density at radius 1 is 1.62 bits per heavy atom. The van der Waals surface area contributed by atoms with Crippen molar-refractivity contribution in [3.05, 3.63) is 0 Å². The van der Waals surface area contributed by atoms with Crippen molar-refractivity contribution in [1.82, 2.24) is 0 Å². The van der Waals surface area contributed by atoms with E-state index in [2.05, 4.69) is 13.0 Å². The van der Waals surface area contributed by atoms with Crippen molar-refractivity contribution in [2.24, 2.45) is 0 Å². The van der Waals surface area contributed by atoms with E-state index >= 15 is 0 Å². The Hall–Kier alpha value is 0.289. The molecule has 0 aliphatic heterocycles. The van der Waals surface area contributed by atoms with Crippen molar-refractivity contribution in [1.29, 1.82) is 5.26 Å². The molecule has 1 nitrogen and oxygen atoms in total. The Labute approximate surface area is 61.3 Å². The van der Waals surface area contributed by atoms with Gasteiger partial charge >= 0.3 is 61.1 Å². The van der Waals surface area contributed by atoms with Gasteiger partial charge in [0.05, 0.1) is 0 Å². The fraction of sp³-hybridized carbons (Fsp3) is 0.833. The van der Waals surface area contributed by atoms with E-state index in [4.69, 9.17) is 5.26 Å². The Morgan fingerprint density at radius 3 is 2.88 bits per heavy atom. The van der Waals surface area contributed by atoms with Gasteiger partial charge in [-0.2, -0.15) is 0 Å². The number of hydrogen-bond acceptors (Lipinski definition) is 1. The summed E-state index contributed by atoms with van der Waals surface area (Å²) in [7, 11) is 0. The van der Waals surface area contributed by atoms with E-state index in [0.717, 1.165) is 4.44 Å². The second-order valence-electron chi connectivity index (χ2n) is 1.97. The third-order valence-electron chi connectivity index (χ3n) is 1.14. The molecule has 0 aliphatic rings. The number of rotatable bonds is 4. The van der Waals surface area contributed by atoms with Crippen molar-refractivity contribution in [3.63, 3.8) is 0 Å². The predicted molar refractivity (Wildman–Crippen MR) is 38.7 cm³/mol. The fourth-order valence-corrected chi connectivity index (χ4v) is 4.23. The molecule has 0 saturated heterocycles. The van der Waals surface area contributed by atoms with Crippen LogP contribution in [0.3, 0.4) is 0 Å². The van der Waals surface area contributed by atoms with E-state index in [0.29, 0.717) is 0 Å². The summed E-state index contributed by atoms with van der Waals surface area (Å²) in [5, 5.41) is 8.17. The molecule has 0 aromatic heterocycles. The number of unbranched alkanes of at least 4 members (excludes halogenated alkanes) is 1. The van der Waals surface area contributed by atoms with Crippen molar-refractivity contribution in [2.45, 2.75) is 28.6 Å². The molecule has 0 aliphatic carbocycles. The third kappa shape index (κ3) is 6.29. The van der Waals surface area contributed by atoms with Crippen LogP contribution in [0.4, 0.5) is 0 Å². The molecule has 0 rings (SSSR count). The second-order valence-corrected chi connectivity index (χ2v) is 7.43. The van der Waals surface area contributed by atoms with Crippen LogP contribution in [-0.2, 0) is 0 Å². The van der Waals surface area contributed by atoms with Gasteiger partial charge in [-0.3, -0.25) is 0 Å². The normalized spacial score (nSPS) is 10.0. The molecule has 0 saturated carbocycles. The first-order valence-electron chi connectivity index (χ1n) is 3.28. The Bertz CT molecular complexity index is 75.1. The molecule has 0 aromatic rings. The zero-order valence-corrected chi connectivity index (χ0v) is 9.52. The summed E-state index contributed by atoms with van der Waals surface area (Å²) in [6.45, 7) is 2.21. The summed E-state index contributed by atoms with van der Waals surface area (Å²) in [6, 6.07) is 2.22. The van der Waals surface area contributed by atoms with E-state index in [1.54, 1.807) is 0 Å². The summed E-state index contributed by atoms with van der Waals surface area (Å²) < 4.78 is 2.38. The zero-order chi connectivity index (χ0) is 6.24. The quantitative estimate of drug-likeness (QED) is 0.515. The maximum absolute atomic E-state index is 8.17. The molecule has 0 radical (unpaired) electrons. The van der Waals surface area contributed by atoms with Gasteiger partial charge in [0.25, 0.3) is 0 Å². The van der Waals surface area contributed by atoms with E-state index < -0.39 is 21.1 Å². The first kappa shape index (κ1) is 8.29. The van der Waals surface area contributed by atoms with Crippen LogP contribution >= 0.6 is 0 Å². The van der Waals surface area contributed by atoms with Crippen LogP contribution in [0, 0.1) is 11.3 Å². The van der Waals surface area contributed by atoms with Crippen LogP contribution in [-0.4, -0.2) is 21.1 Å². The van der Waals surface area contributed by atoms with Gasteiger partial charge in [-0.25, -0.2) is 0 Å².